The number of thiophene rings is 1. The van der Waals surface area contributed by atoms with Crippen molar-refractivity contribution in [2.45, 2.75) is 0 Å². The van der Waals surface area contributed by atoms with E-state index in [2.05, 4.69) is 220 Å². The van der Waals surface area contributed by atoms with Gasteiger partial charge in [-0.1, -0.05) is 133 Å². The fourth-order valence-corrected chi connectivity index (χ4v) is 11.6. The summed E-state index contributed by atoms with van der Waals surface area (Å²) in [4.78, 5) is 9.95. The van der Waals surface area contributed by atoms with E-state index < -0.39 is 0 Å². The molecule has 6 heteroatoms. The molecule has 5 aromatic heterocycles. The highest BCUT2D eigenvalue weighted by Crippen LogP contribution is 2.44. The maximum Gasteiger partial charge on any atom is 0.116 e. The van der Waals surface area contributed by atoms with Crippen molar-refractivity contribution in [2.24, 2.45) is 0 Å². The Balaban J connectivity index is 0.931. The van der Waals surface area contributed by atoms with Gasteiger partial charge in [0.05, 0.1) is 59.4 Å². The predicted octanol–water partition coefficient (Wildman–Crippen LogP) is 15.5. The van der Waals surface area contributed by atoms with E-state index in [0.29, 0.717) is 0 Å². The molecular weight excluding hydrogens is 799 g/mol. The van der Waals surface area contributed by atoms with E-state index >= 15 is 0 Å². The minimum atomic E-state index is 0.936. The van der Waals surface area contributed by atoms with Crippen LogP contribution in [-0.4, -0.2) is 23.7 Å². The third kappa shape index (κ3) is 5.05. The smallest absolute Gasteiger partial charge is 0.116 e. The van der Waals surface area contributed by atoms with Gasteiger partial charge in [-0.25, -0.2) is 9.97 Å². The molecule has 0 spiro atoms. The molecule has 0 radical (unpaired) electrons. The van der Waals surface area contributed by atoms with E-state index in [1.54, 1.807) is 17.7 Å². The minimum Gasteiger partial charge on any atom is -0.309 e. The minimum absolute atomic E-state index is 0.936. The first-order chi connectivity index (χ1) is 31.8. The van der Waals surface area contributed by atoms with Crippen LogP contribution in [0, 0.1) is 0 Å². The Labute approximate surface area is 371 Å². The molecule has 9 aromatic carbocycles. The lowest BCUT2D eigenvalue weighted by Crippen LogP contribution is -1.95. The van der Waals surface area contributed by atoms with E-state index in [4.69, 9.17) is 9.97 Å². The van der Waals surface area contributed by atoms with Gasteiger partial charge in [0.2, 0.25) is 0 Å². The summed E-state index contributed by atoms with van der Waals surface area (Å²) in [6.45, 7) is 0. The first kappa shape index (κ1) is 35.3. The van der Waals surface area contributed by atoms with Gasteiger partial charge in [-0.3, -0.25) is 0 Å². The Morgan fingerprint density at radius 3 is 1.56 bits per heavy atom. The molecule has 64 heavy (non-hydrogen) atoms. The normalized spacial score (nSPS) is 12.1. The van der Waals surface area contributed by atoms with Gasteiger partial charge in [-0.15, -0.1) is 11.3 Å². The molecule has 0 saturated carbocycles. The van der Waals surface area contributed by atoms with Gasteiger partial charge >= 0.3 is 0 Å². The number of aromatic nitrogens is 5. The second kappa shape index (κ2) is 13.6. The monoisotopic (exact) mass is 833 g/mol. The summed E-state index contributed by atoms with van der Waals surface area (Å²) in [5, 5.41) is 8.57. The van der Waals surface area contributed by atoms with E-state index in [1.807, 2.05) is 0 Å². The lowest BCUT2D eigenvalue weighted by molar-refractivity contribution is 1.18. The van der Waals surface area contributed by atoms with Crippen LogP contribution in [0.3, 0.4) is 0 Å². The van der Waals surface area contributed by atoms with Gasteiger partial charge < -0.3 is 13.7 Å². The summed E-state index contributed by atoms with van der Waals surface area (Å²) in [6, 6.07) is 74.8. The van der Waals surface area contributed by atoms with Gasteiger partial charge in [-0.05, 0) is 83.9 Å². The van der Waals surface area contributed by atoms with Crippen LogP contribution in [0.1, 0.15) is 0 Å². The molecule has 298 valence electrons. The summed E-state index contributed by atoms with van der Waals surface area (Å²) in [5.74, 6) is 0. The van der Waals surface area contributed by atoms with Crippen LogP contribution in [0.4, 0.5) is 0 Å². The Kier molecular flexibility index (Phi) is 7.49. The van der Waals surface area contributed by atoms with Crippen LogP contribution in [0.25, 0.3) is 125 Å². The van der Waals surface area contributed by atoms with Gasteiger partial charge in [0.25, 0.3) is 0 Å². The Bertz CT molecular complexity index is 4150. The number of hydrogen-bond acceptors (Lipinski definition) is 3. The second-order valence-corrected chi connectivity index (χ2v) is 17.6. The highest BCUT2D eigenvalue weighted by molar-refractivity contribution is 7.26. The number of fused-ring (bicyclic) bond motifs is 12. The third-order valence-corrected chi connectivity index (χ3v) is 14.4. The molecule has 0 aliphatic heterocycles. The maximum atomic E-state index is 5.01. The maximum absolute atomic E-state index is 5.01. The first-order valence-corrected chi connectivity index (χ1v) is 22.5. The molecule has 0 saturated heterocycles. The van der Waals surface area contributed by atoms with E-state index in [0.717, 1.165) is 49.4 Å². The number of para-hydroxylation sites is 5. The van der Waals surface area contributed by atoms with Gasteiger partial charge in [0.15, 0.2) is 0 Å². The molecular formula is C58H35N5S. The van der Waals surface area contributed by atoms with Crippen LogP contribution >= 0.6 is 11.3 Å². The lowest BCUT2D eigenvalue weighted by atomic mass is 10.0. The zero-order valence-corrected chi connectivity index (χ0v) is 35.2. The topological polar surface area (TPSA) is 40.6 Å². The Hall–Kier alpha value is -8.32. The molecule has 0 fully saturated rings. The molecule has 14 aromatic rings. The summed E-state index contributed by atoms with van der Waals surface area (Å²) >= 11 is 1.78. The zero-order chi connectivity index (χ0) is 41.9. The molecule has 0 amide bonds. The molecule has 0 atom stereocenters. The van der Waals surface area contributed by atoms with Crippen LogP contribution in [0.5, 0.6) is 0 Å². The zero-order valence-electron chi connectivity index (χ0n) is 34.4. The third-order valence-electron chi connectivity index (χ3n) is 13.2. The van der Waals surface area contributed by atoms with E-state index in [-0.39, 0.29) is 0 Å². The number of nitrogens with zero attached hydrogens (tertiary/aromatic N) is 5. The highest BCUT2D eigenvalue weighted by Gasteiger charge is 2.21. The molecule has 5 nitrogen and oxygen atoms in total. The molecule has 14 rings (SSSR count). The molecule has 0 unspecified atom stereocenters. The fraction of sp³-hybridized carbons (Fsp3) is 0. The number of benzene rings is 9. The lowest BCUT2D eigenvalue weighted by Gasteiger charge is -2.11. The van der Waals surface area contributed by atoms with Crippen LogP contribution in [0.2, 0.25) is 0 Å². The summed E-state index contributed by atoms with van der Waals surface area (Å²) in [7, 11) is 0. The van der Waals surface area contributed by atoms with Gasteiger partial charge in [0, 0.05) is 54.6 Å². The predicted molar refractivity (Wildman–Crippen MR) is 269 cm³/mol. The second-order valence-electron chi connectivity index (χ2n) is 16.6. The SMILES string of the molecule is c1ccc(-n2c3ccccc3c3cc(-c4ccc5c6ccccc6n(-c6cccc(-c7ncnc8c7sc7c(-n9c%10ccccc%10c%10ccccc%109)cccc78)c6)c5c4)ccc32)cc1. The summed E-state index contributed by atoms with van der Waals surface area (Å²) in [6.07, 6.45) is 1.73. The van der Waals surface area contributed by atoms with Crippen molar-refractivity contribution in [2.75, 3.05) is 0 Å². The average Bonchev–Trinajstić information content (AvgIpc) is 4.10. The summed E-state index contributed by atoms with van der Waals surface area (Å²) in [5.41, 5.74) is 15.8. The van der Waals surface area contributed by atoms with Crippen LogP contribution in [0.15, 0.2) is 213 Å². The van der Waals surface area contributed by atoms with Crippen molar-refractivity contribution in [3.05, 3.63) is 213 Å². The van der Waals surface area contributed by atoms with Gasteiger partial charge in [-0.2, -0.15) is 0 Å². The van der Waals surface area contributed by atoms with Crippen LogP contribution < -0.4 is 0 Å². The highest BCUT2D eigenvalue weighted by atomic mass is 32.1. The van der Waals surface area contributed by atoms with Crippen molar-refractivity contribution in [3.63, 3.8) is 0 Å². The largest absolute Gasteiger partial charge is 0.309 e. The van der Waals surface area contributed by atoms with E-state index in [9.17, 15) is 0 Å². The van der Waals surface area contributed by atoms with Crippen molar-refractivity contribution >= 4 is 97.1 Å². The van der Waals surface area contributed by atoms with Crippen molar-refractivity contribution in [1.82, 2.24) is 23.7 Å². The van der Waals surface area contributed by atoms with Crippen molar-refractivity contribution in [1.29, 1.82) is 0 Å². The Morgan fingerprint density at radius 2 is 0.844 bits per heavy atom. The first-order valence-electron chi connectivity index (χ1n) is 21.6. The molecule has 0 bridgehead atoms. The molecule has 5 heterocycles. The van der Waals surface area contributed by atoms with Gasteiger partial charge in [0.1, 0.15) is 6.33 Å². The summed E-state index contributed by atoms with van der Waals surface area (Å²) < 4.78 is 9.47. The molecule has 0 N–H and O–H groups in total. The standard InChI is InChI=1S/C58H35N5S/c1-2-15-39(16-3-1)61-49-24-9-7-21-44(49)47-33-36(29-31-52(47)61)37-28-30-45-43-20-4-8-23-48(43)62(54(45)34-37)40-17-12-14-38(32-40)55-58-56(60-35-59-55)46-22-13-27-53(57(46)64-58)63-50-25-10-5-18-41(50)42-19-6-11-26-51(42)63/h1-35H. The number of hydrogen-bond donors (Lipinski definition) is 0. The average molecular weight is 834 g/mol. The van der Waals surface area contributed by atoms with Crippen molar-refractivity contribution in [3.8, 4) is 39.4 Å². The van der Waals surface area contributed by atoms with Crippen LogP contribution in [-0.2, 0) is 0 Å². The van der Waals surface area contributed by atoms with Crippen molar-refractivity contribution < 1.29 is 0 Å². The van der Waals surface area contributed by atoms with E-state index in [1.165, 1.54) is 75.7 Å². The fourth-order valence-electron chi connectivity index (χ4n) is 10.4. The Morgan fingerprint density at radius 1 is 0.312 bits per heavy atom. The molecule has 0 aliphatic rings. The number of rotatable bonds is 5. The quantitative estimate of drug-likeness (QED) is 0.173. The molecule has 0 aliphatic carbocycles.